The molecule has 122 valence electrons. The number of fused-ring (bicyclic) bond motifs is 2. The summed E-state index contributed by atoms with van der Waals surface area (Å²) >= 11 is 0. The molecule has 6 heteroatoms. The van der Waals surface area contributed by atoms with E-state index in [1.165, 1.54) is 0 Å². The molecule has 1 aliphatic heterocycles. The normalized spacial score (nSPS) is 36.9. The number of carboxylic acid groups (broad SMARTS) is 1. The summed E-state index contributed by atoms with van der Waals surface area (Å²) in [5.74, 6) is -1.16. The molecule has 2 bridgehead atoms. The second-order valence-electron chi connectivity index (χ2n) is 6.67. The summed E-state index contributed by atoms with van der Waals surface area (Å²) in [4.78, 5) is 23.8. The number of amides is 1. The van der Waals surface area contributed by atoms with Gasteiger partial charge in [0.05, 0.1) is 17.6 Å². The second-order valence-corrected chi connectivity index (χ2v) is 6.67. The van der Waals surface area contributed by atoms with Crippen LogP contribution in [0.1, 0.15) is 24.8 Å². The lowest BCUT2D eigenvalue weighted by Gasteiger charge is -2.47. The Kier molecular flexibility index (Phi) is 3.30. The van der Waals surface area contributed by atoms with E-state index in [0.29, 0.717) is 18.8 Å². The monoisotopic (exact) mass is 317 g/mol. The number of rotatable bonds is 4. The Labute approximate surface area is 133 Å². The molecule has 1 heterocycles. The molecule has 2 N–H and O–H groups in total. The topological polar surface area (TPSA) is 88.2 Å². The van der Waals surface area contributed by atoms with Gasteiger partial charge in [0.2, 0.25) is 0 Å². The van der Waals surface area contributed by atoms with Crippen LogP contribution in [0.3, 0.4) is 0 Å². The first-order valence-corrected chi connectivity index (χ1v) is 7.97. The van der Waals surface area contributed by atoms with E-state index in [1.807, 2.05) is 30.3 Å². The highest BCUT2D eigenvalue weighted by Gasteiger charge is 2.70. The average molecular weight is 317 g/mol. The van der Waals surface area contributed by atoms with Crippen LogP contribution in [-0.4, -0.2) is 34.9 Å². The number of benzene rings is 1. The second kappa shape index (κ2) is 5.23. The zero-order chi connectivity index (χ0) is 16.0. The van der Waals surface area contributed by atoms with Crippen LogP contribution in [0.5, 0.6) is 0 Å². The maximum Gasteiger partial charge on any atom is 0.408 e. The molecule has 0 aromatic heterocycles. The van der Waals surface area contributed by atoms with E-state index in [-0.39, 0.29) is 18.8 Å². The van der Waals surface area contributed by atoms with Gasteiger partial charge in [-0.05, 0) is 30.7 Å². The maximum atomic E-state index is 12.2. The quantitative estimate of drug-likeness (QED) is 0.829. The number of aliphatic carboxylic acids is 1. The molecule has 23 heavy (non-hydrogen) atoms. The molecule has 1 aromatic rings. The standard InChI is InChI=1S/C17H19NO5/c19-15(20)12-8-11-6-7-17(12,14-13(11)23-14)18-16(21)22-9-10-4-2-1-3-5-10/h1-5,11-14H,6-9H2,(H,18,21)(H,19,20)/t11-,12+,13+,14+,17-/m1/s1. The van der Waals surface area contributed by atoms with Crippen molar-refractivity contribution in [2.45, 2.75) is 43.6 Å². The van der Waals surface area contributed by atoms with Gasteiger partial charge in [0.25, 0.3) is 0 Å². The minimum Gasteiger partial charge on any atom is -0.481 e. The van der Waals surface area contributed by atoms with Crippen molar-refractivity contribution in [3.63, 3.8) is 0 Å². The third-order valence-electron chi connectivity index (χ3n) is 5.43. The molecule has 5 atom stereocenters. The number of alkyl carbamates (subject to hydrolysis) is 1. The van der Waals surface area contributed by atoms with Gasteiger partial charge in [0, 0.05) is 0 Å². The van der Waals surface area contributed by atoms with Crippen molar-refractivity contribution in [1.82, 2.24) is 5.32 Å². The first-order valence-electron chi connectivity index (χ1n) is 7.97. The molecule has 1 saturated heterocycles. The Morgan fingerprint density at radius 3 is 2.87 bits per heavy atom. The lowest BCUT2D eigenvalue weighted by molar-refractivity contribution is -0.148. The number of hydrogen-bond donors (Lipinski definition) is 2. The van der Waals surface area contributed by atoms with Crippen molar-refractivity contribution in [2.24, 2.45) is 11.8 Å². The zero-order valence-corrected chi connectivity index (χ0v) is 12.6. The third-order valence-corrected chi connectivity index (χ3v) is 5.43. The molecule has 0 radical (unpaired) electrons. The van der Waals surface area contributed by atoms with E-state index >= 15 is 0 Å². The van der Waals surface area contributed by atoms with E-state index < -0.39 is 23.5 Å². The highest BCUT2D eigenvalue weighted by molar-refractivity contribution is 5.76. The first kappa shape index (κ1) is 14.5. The van der Waals surface area contributed by atoms with Gasteiger partial charge in [-0.3, -0.25) is 4.79 Å². The summed E-state index contributed by atoms with van der Waals surface area (Å²) in [5, 5.41) is 12.4. The van der Waals surface area contributed by atoms with Gasteiger partial charge in [-0.2, -0.15) is 0 Å². The smallest absolute Gasteiger partial charge is 0.408 e. The van der Waals surface area contributed by atoms with E-state index in [1.54, 1.807) is 0 Å². The van der Waals surface area contributed by atoms with Crippen molar-refractivity contribution < 1.29 is 24.2 Å². The fraction of sp³-hybridized carbons (Fsp3) is 0.529. The Bertz CT molecular complexity index is 633. The highest BCUT2D eigenvalue weighted by atomic mass is 16.6. The molecule has 0 unspecified atom stereocenters. The molecule has 3 saturated carbocycles. The Morgan fingerprint density at radius 2 is 2.13 bits per heavy atom. The van der Waals surface area contributed by atoms with Crippen LogP contribution in [-0.2, 0) is 20.9 Å². The first-order chi connectivity index (χ1) is 11.1. The Hall–Kier alpha value is -2.08. The van der Waals surface area contributed by atoms with Crippen LogP contribution >= 0.6 is 0 Å². The molecule has 0 spiro atoms. The number of ether oxygens (including phenoxy) is 2. The van der Waals surface area contributed by atoms with E-state index in [2.05, 4.69) is 5.32 Å². The fourth-order valence-electron chi connectivity index (χ4n) is 4.26. The Balaban J connectivity index is 1.45. The number of carboxylic acids is 1. The van der Waals surface area contributed by atoms with Gasteiger partial charge < -0.3 is 19.9 Å². The summed E-state index contributed by atoms with van der Waals surface area (Å²) in [6.07, 6.45) is 1.44. The van der Waals surface area contributed by atoms with E-state index in [4.69, 9.17) is 9.47 Å². The van der Waals surface area contributed by atoms with Crippen molar-refractivity contribution in [3.8, 4) is 0 Å². The van der Waals surface area contributed by atoms with Crippen LogP contribution in [0.4, 0.5) is 4.79 Å². The lowest BCUT2D eigenvalue weighted by atomic mass is 9.60. The lowest BCUT2D eigenvalue weighted by Crippen LogP contribution is -2.65. The average Bonchev–Trinajstić information content (AvgIpc) is 3.37. The molecule has 1 aromatic carbocycles. The maximum absolute atomic E-state index is 12.2. The summed E-state index contributed by atoms with van der Waals surface area (Å²) < 4.78 is 11.0. The minimum absolute atomic E-state index is 0.105. The summed E-state index contributed by atoms with van der Waals surface area (Å²) in [5.41, 5.74) is 0.0711. The van der Waals surface area contributed by atoms with Crippen molar-refractivity contribution in [1.29, 1.82) is 0 Å². The number of carbonyl (C=O) groups is 2. The number of nitrogens with one attached hydrogen (secondary N) is 1. The van der Waals surface area contributed by atoms with Gasteiger partial charge in [-0.15, -0.1) is 0 Å². The van der Waals surface area contributed by atoms with Gasteiger partial charge >= 0.3 is 12.1 Å². The van der Waals surface area contributed by atoms with Gasteiger partial charge in [-0.1, -0.05) is 30.3 Å². The minimum atomic E-state index is -0.869. The summed E-state index contributed by atoms with van der Waals surface area (Å²) in [6, 6.07) is 9.39. The third kappa shape index (κ3) is 2.37. The van der Waals surface area contributed by atoms with Gasteiger partial charge in [0.15, 0.2) is 0 Å². The number of epoxide rings is 1. The highest BCUT2D eigenvalue weighted by Crippen LogP contribution is 2.57. The van der Waals surface area contributed by atoms with Crippen LogP contribution in [0, 0.1) is 11.8 Å². The fourth-order valence-corrected chi connectivity index (χ4v) is 4.26. The SMILES string of the molecule is O=C(N[C@]12CC[C@H](C[C@H]1C(=O)O)[C@@H]1O[C@@H]12)OCc1ccccc1. The van der Waals surface area contributed by atoms with Crippen molar-refractivity contribution in [2.75, 3.05) is 0 Å². The van der Waals surface area contributed by atoms with Crippen LogP contribution in [0.25, 0.3) is 0 Å². The molecule has 1 amide bonds. The van der Waals surface area contributed by atoms with Gasteiger partial charge in [0.1, 0.15) is 12.7 Å². The van der Waals surface area contributed by atoms with Crippen molar-refractivity contribution in [3.05, 3.63) is 35.9 Å². The zero-order valence-electron chi connectivity index (χ0n) is 12.6. The Morgan fingerprint density at radius 1 is 1.35 bits per heavy atom. The molecular formula is C17H19NO5. The van der Waals surface area contributed by atoms with Crippen molar-refractivity contribution >= 4 is 12.1 Å². The van der Waals surface area contributed by atoms with Crippen LogP contribution in [0.15, 0.2) is 30.3 Å². The molecule has 3 aliphatic carbocycles. The van der Waals surface area contributed by atoms with E-state index in [0.717, 1.165) is 12.0 Å². The predicted octanol–water partition coefficient (Wildman–Crippen LogP) is 1.93. The van der Waals surface area contributed by atoms with Gasteiger partial charge in [-0.25, -0.2) is 4.79 Å². The van der Waals surface area contributed by atoms with Crippen LogP contribution in [0.2, 0.25) is 0 Å². The summed E-state index contributed by atoms with van der Waals surface area (Å²) in [6.45, 7) is 0.165. The van der Waals surface area contributed by atoms with Crippen LogP contribution < -0.4 is 5.32 Å². The number of hydrogen-bond acceptors (Lipinski definition) is 4. The molecular weight excluding hydrogens is 298 g/mol. The predicted molar refractivity (Wildman–Crippen MR) is 79.6 cm³/mol. The largest absolute Gasteiger partial charge is 0.481 e. The number of carbonyl (C=O) groups excluding carboxylic acids is 1. The summed E-state index contributed by atoms with van der Waals surface area (Å²) in [7, 11) is 0. The van der Waals surface area contributed by atoms with E-state index in [9.17, 15) is 14.7 Å². The molecule has 4 fully saturated rings. The molecule has 6 nitrogen and oxygen atoms in total. The molecule has 5 rings (SSSR count). The molecule has 4 aliphatic rings.